The van der Waals surface area contributed by atoms with Gasteiger partial charge in [-0.15, -0.1) is 0 Å². The van der Waals surface area contributed by atoms with E-state index in [0.717, 1.165) is 15.7 Å². The van der Waals surface area contributed by atoms with Crippen LogP contribution in [0.25, 0.3) is 0 Å². The van der Waals surface area contributed by atoms with E-state index in [1.54, 1.807) is 0 Å². The minimum Gasteiger partial charge on any atom is -0.373 e. The zero-order valence-electron chi connectivity index (χ0n) is 8.71. The number of hydrogen-bond donors (Lipinski definition) is 2. The summed E-state index contributed by atoms with van der Waals surface area (Å²) < 4.78 is 0.935. The first-order valence-electron chi connectivity index (χ1n) is 4.92. The molecule has 1 atom stereocenters. The largest absolute Gasteiger partial charge is 0.373 e. The summed E-state index contributed by atoms with van der Waals surface area (Å²) in [6.07, 6.45) is 0.199. The molecule has 16 heavy (non-hydrogen) atoms. The lowest BCUT2D eigenvalue weighted by Gasteiger charge is -2.13. The Kier molecular flexibility index (Phi) is 2.96. The summed E-state index contributed by atoms with van der Waals surface area (Å²) in [4.78, 5) is 22.4. The van der Waals surface area contributed by atoms with Gasteiger partial charge in [0.1, 0.15) is 6.04 Å². The van der Waals surface area contributed by atoms with Gasteiger partial charge < -0.3 is 5.32 Å². The second-order valence-electron chi connectivity index (χ2n) is 3.77. The van der Waals surface area contributed by atoms with E-state index in [-0.39, 0.29) is 18.2 Å². The highest BCUT2D eigenvalue weighted by atomic mass is 79.9. The fourth-order valence-corrected chi connectivity index (χ4v) is 1.97. The number of hydrogen-bond acceptors (Lipinski definition) is 3. The third-order valence-electron chi connectivity index (χ3n) is 2.50. The van der Waals surface area contributed by atoms with Crippen molar-refractivity contribution in [3.63, 3.8) is 0 Å². The van der Waals surface area contributed by atoms with Gasteiger partial charge in [0.05, 0.1) is 6.42 Å². The van der Waals surface area contributed by atoms with Gasteiger partial charge in [-0.05, 0) is 24.6 Å². The SMILES string of the molecule is Cc1ccc(Br)cc1NC1CC(=O)NC1=O. The van der Waals surface area contributed by atoms with Crippen LogP contribution >= 0.6 is 15.9 Å². The first kappa shape index (κ1) is 11.1. The summed E-state index contributed by atoms with van der Waals surface area (Å²) in [6, 6.07) is 5.31. The van der Waals surface area contributed by atoms with E-state index in [0.29, 0.717) is 0 Å². The monoisotopic (exact) mass is 282 g/mol. The maximum Gasteiger partial charge on any atom is 0.249 e. The molecule has 2 N–H and O–H groups in total. The van der Waals surface area contributed by atoms with Crippen molar-refractivity contribution in [3.05, 3.63) is 28.2 Å². The lowest BCUT2D eigenvalue weighted by molar-refractivity contribution is -0.124. The van der Waals surface area contributed by atoms with Gasteiger partial charge in [0, 0.05) is 10.2 Å². The highest BCUT2D eigenvalue weighted by Gasteiger charge is 2.30. The van der Waals surface area contributed by atoms with Crippen LogP contribution in [0.4, 0.5) is 5.69 Å². The molecule has 1 aromatic carbocycles. The van der Waals surface area contributed by atoms with Crippen LogP contribution in [0.2, 0.25) is 0 Å². The topological polar surface area (TPSA) is 58.2 Å². The van der Waals surface area contributed by atoms with E-state index in [4.69, 9.17) is 0 Å². The summed E-state index contributed by atoms with van der Waals surface area (Å²) in [7, 11) is 0. The molecule has 1 unspecified atom stereocenters. The molecule has 2 rings (SSSR count). The number of imide groups is 1. The van der Waals surface area contributed by atoms with Gasteiger partial charge in [0.15, 0.2) is 0 Å². The van der Waals surface area contributed by atoms with Crippen molar-refractivity contribution < 1.29 is 9.59 Å². The highest BCUT2D eigenvalue weighted by molar-refractivity contribution is 9.10. The first-order valence-corrected chi connectivity index (χ1v) is 5.72. The van der Waals surface area contributed by atoms with Crippen LogP contribution in [0.1, 0.15) is 12.0 Å². The van der Waals surface area contributed by atoms with Gasteiger partial charge in [0.25, 0.3) is 0 Å². The van der Waals surface area contributed by atoms with E-state index in [1.807, 2.05) is 25.1 Å². The summed E-state index contributed by atoms with van der Waals surface area (Å²) in [5.74, 6) is -0.487. The fraction of sp³-hybridized carbons (Fsp3) is 0.273. The van der Waals surface area contributed by atoms with Crippen LogP contribution in [0.15, 0.2) is 22.7 Å². The van der Waals surface area contributed by atoms with Gasteiger partial charge in [-0.3, -0.25) is 14.9 Å². The lowest BCUT2D eigenvalue weighted by atomic mass is 10.1. The fourth-order valence-electron chi connectivity index (χ4n) is 1.61. The second-order valence-corrected chi connectivity index (χ2v) is 4.69. The molecule has 2 amide bonds. The molecule has 0 radical (unpaired) electrons. The van der Waals surface area contributed by atoms with Crippen molar-refractivity contribution in [2.45, 2.75) is 19.4 Å². The number of anilines is 1. The molecule has 84 valence electrons. The molecule has 4 nitrogen and oxygen atoms in total. The second kappa shape index (κ2) is 4.25. The minimum absolute atomic E-state index is 0.199. The molecule has 1 saturated heterocycles. The number of rotatable bonds is 2. The molecule has 1 heterocycles. The van der Waals surface area contributed by atoms with Crippen molar-refractivity contribution in [1.29, 1.82) is 0 Å². The molecule has 0 spiro atoms. The zero-order chi connectivity index (χ0) is 11.7. The molecule has 1 aromatic rings. The first-order chi connectivity index (χ1) is 7.56. The van der Waals surface area contributed by atoms with E-state index >= 15 is 0 Å². The van der Waals surface area contributed by atoms with Gasteiger partial charge in [-0.25, -0.2) is 0 Å². The van der Waals surface area contributed by atoms with E-state index < -0.39 is 6.04 Å². The Morgan fingerprint density at radius 2 is 2.19 bits per heavy atom. The molecule has 1 aliphatic heterocycles. The predicted octanol–water partition coefficient (Wildman–Crippen LogP) is 1.58. The van der Waals surface area contributed by atoms with Crippen molar-refractivity contribution in [2.24, 2.45) is 0 Å². The van der Waals surface area contributed by atoms with Crippen molar-refractivity contribution in [2.75, 3.05) is 5.32 Å². The minimum atomic E-state index is -0.458. The average Bonchev–Trinajstić information content (AvgIpc) is 2.51. The van der Waals surface area contributed by atoms with Gasteiger partial charge >= 0.3 is 0 Å². The van der Waals surface area contributed by atoms with Gasteiger partial charge in [-0.1, -0.05) is 22.0 Å². The summed E-state index contributed by atoms with van der Waals surface area (Å²) in [5, 5.41) is 5.34. The van der Waals surface area contributed by atoms with Crippen LogP contribution in [0.3, 0.4) is 0 Å². The van der Waals surface area contributed by atoms with Gasteiger partial charge in [-0.2, -0.15) is 0 Å². The Bertz CT molecular complexity index is 459. The Balaban J connectivity index is 2.18. The number of nitrogens with one attached hydrogen (secondary N) is 2. The number of carbonyl (C=O) groups is 2. The molecule has 0 aromatic heterocycles. The molecule has 1 aliphatic rings. The lowest BCUT2D eigenvalue weighted by Crippen LogP contribution is -2.30. The van der Waals surface area contributed by atoms with Crippen molar-refractivity contribution in [1.82, 2.24) is 5.32 Å². The molecular formula is C11H11BrN2O2. The number of benzene rings is 1. The predicted molar refractivity (Wildman–Crippen MR) is 64.1 cm³/mol. The van der Waals surface area contributed by atoms with Crippen molar-refractivity contribution in [3.8, 4) is 0 Å². The normalized spacial score (nSPS) is 19.8. The quantitative estimate of drug-likeness (QED) is 0.810. The zero-order valence-corrected chi connectivity index (χ0v) is 10.3. The Hall–Kier alpha value is -1.36. The maximum atomic E-state index is 11.4. The van der Waals surface area contributed by atoms with E-state index in [9.17, 15) is 9.59 Å². The standard InChI is InChI=1S/C11H11BrN2O2/c1-6-2-3-7(12)4-8(6)13-9-5-10(15)14-11(9)16/h2-4,9,13H,5H2,1H3,(H,14,15,16). The van der Waals surface area contributed by atoms with E-state index in [2.05, 4.69) is 26.6 Å². The van der Waals surface area contributed by atoms with Crippen LogP contribution in [0.5, 0.6) is 0 Å². The van der Waals surface area contributed by atoms with Crippen LogP contribution in [0, 0.1) is 6.92 Å². The van der Waals surface area contributed by atoms with Crippen LogP contribution < -0.4 is 10.6 Å². The Labute approximate surface area is 102 Å². The third-order valence-corrected chi connectivity index (χ3v) is 2.99. The molecule has 0 aliphatic carbocycles. The third kappa shape index (κ3) is 2.24. The number of halogens is 1. The van der Waals surface area contributed by atoms with Crippen molar-refractivity contribution >= 4 is 33.4 Å². The van der Waals surface area contributed by atoms with Crippen LogP contribution in [-0.4, -0.2) is 17.9 Å². The molecule has 0 bridgehead atoms. The molecule has 0 saturated carbocycles. The van der Waals surface area contributed by atoms with Gasteiger partial charge in [0.2, 0.25) is 11.8 Å². The summed E-state index contributed by atoms with van der Waals surface area (Å²) in [5.41, 5.74) is 1.90. The smallest absolute Gasteiger partial charge is 0.249 e. The highest BCUT2D eigenvalue weighted by Crippen LogP contribution is 2.22. The average molecular weight is 283 g/mol. The molecular weight excluding hydrogens is 272 g/mol. The summed E-state index contributed by atoms with van der Waals surface area (Å²) in [6.45, 7) is 1.95. The number of amides is 2. The van der Waals surface area contributed by atoms with Crippen LogP contribution in [-0.2, 0) is 9.59 Å². The Morgan fingerprint density at radius 1 is 1.44 bits per heavy atom. The van der Waals surface area contributed by atoms with E-state index in [1.165, 1.54) is 0 Å². The Morgan fingerprint density at radius 3 is 2.81 bits per heavy atom. The maximum absolute atomic E-state index is 11.4. The molecule has 1 fully saturated rings. The summed E-state index contributed by atoms with van der Waals surface area (Å²) >= 11 is 3.37. The number of aryl methyl sites for hydroxylation is 1. The molecule has 5 heteroatoms. The number of carbonyl (C=O) groups excluding carboxylic acids is 2.